The normalized spacial score (nSPS) is 17.0. The summed E-state index contributed by atoms with van der Waals surface area (Å²) in [5, 5.41) is -0.336. The molecular formula is C27H34N6O4S. The smallest absolute Gasteiger partial charge is 0.281 e. The Balaban J connectivity index is 1.77. The predicted molar refractivity (Wildman–Crippen MR) is 146 cm³/mol. The van der Waals surface area contributed by atoms with Gasteiger partial charge in [-0.1, -0.05) is 13.0 Å². The van der Waals surface area contributed by atoms with Crippen LogP contribution in [0.2, 0.25) is 0 Å². The number of anilines is 2. The van der Waals surface area contributed by atoms with E-state index in [4.69, 9.17) is 15.5 Å². The van der Waals surface area contributed by atoms with Crippen LogP contribution in [-0.2, 0) is 10.0 Å². The number of nitrogens with zero attached hydrogens (tertiary/aromatic N) is 4. The maximum absolute atomic E-state index is 13.4. The number of amides is 1. The molecule has 1 atom stereocenters. The molecule has 3 aromatic heterocycles. The summed E-state index contributed by atoms with van der Waals surface area (Å²) in [6.07, 6.45) is 0.890. The van der Waals surface area contributed by atoms with Crippen molar-refractivity contribution in [2.24, 2.45) is 5.92 Å². The van der Waals surface area contributed by atoms with Gasteiger partial charge in [-0.25, -0.2) is 19.7 Å². The van der Waals surface area contributed by atoms with Gasteiger partial charge in [-0.05, 0) is 77.3 Å². The van der Waals surface area contributed by atoms with E-state index in [9.17, 15) is 13.2 Å². The van der Waals surface area contributed by atoms with Crippen LogP contribution < -0.4 is 20.1 Å². The fourth-order valence-electron chi connectivity index (χ4n) is 4.87. The Labute approximate surface area is 223 Å². The molecule has 202 valence electrons. The first-order chi connectivity index (χ1) is 17.8. The number of nitrogen functional groups attached to an aromatic ring is 1. The molecule has 1 saturated heterocycles. The number of hydrogen-bond donors (Lipinski definition) is 2. The minimum absolute atomic E-state index is 0.00605. The molecule has 1 aliphatic heterocycles. The Kier molecular flexibility index (Phi) is 7.33. The summed E-state index contributed by atoms with van der Waals surface area (Å²) in [6.45, 7) is 12.7. The molecule has 4 heterocycles. The Bertz CT molecular complexity index is 1470. The number of carbonyl (C=O) groups is 1. The van der Waals surface area contributed by atoms with E-state index in [1.54, 1.807) is 18.2 Å². The quantitative estimate of drug-likeness (QED) is 0.457. The number of nitrogens with two attached hydrogens (primary N) is 1. The largest absolute Gasteiger partial charge is 0.475 e. The molecule has 1 aliphatic rings. The molecular weight excluding hydrogens is 504 g/mol. The summed E-state index contributed by atoms with van der Waals surface area (Å²) in [5.41, 5.74) is 7.63. The zero-order valence-electron chi connectivity index (χ0n) is 22.5. The van der Waals surface area contributed by atoms with Gasteiger partial charge >= 0.3 is 0 Å². The van der Waals surface area contributed by atoms with Crippen molar-refractivity contribution in [3.63, 3.8) is 0 Å². The van der Waals surface area contributed by atoms with Crippen LogP contribution in [-0.4, -0.2) is 47.5 Å². The molecule has 1 amide bonds. The minimum Gasteiger partial charge on any atom is -0.475 e. The van der Waals surface area contributed by atoms with Gasteiger partial charge in [0.1, 0.15) is 11.6 Å². The molecule has 3 aromatic rings. The van der Waals surface area contributed by atoms with Crippen LogP contribution in [0.3, 0.4) is 0 Å². The molecule has 0 spiro atoms. The van der Waals surface area contributed by atoms with Gasteiger partial charge in [0, 0.05) is 23.7 Å². The summed E-state index contributed by atoms with van der Waals surface area (Å²) in [5.74, 6) is 0.532. The summed E-state index contributed by atoms with van der Waals surface area (Å²) in [6, 6.07) is 11.2. The lowest BCUT2D eigenvalue weighted by Gasteiger charge is -2.34. The number of ether oxygens (including phenoxy) is 1. The van der Waals surface area contributed by atoms with E-state index >= 15 is 0 Å². The summed E-state index contributed by atoms with van der Waals surface area (Å²) < 4.78 is 33.7. The lowest BCUT2D eigenvalue weighted by Crippen LogP contribution is -2.41. The van der Waals surface area contributed by atoms with Crippen molar-refractivity contribution in [3.05, 3.63) is 53.7 Å². The van der Waals surface area contributed by atoms with E-state index in [1.165, 1.54) is 18.2 Å². The average Bonchev–Trinajstić information content (AvgIpc) is 3.09. The summed E-state index contributed by atoms with van der Waals surface area (Å²) in [4.78, 5) is 28.8. The number of carbonyl (C=O) groups excluding carboxylic acids is 1. The van der Waals surface area contributed by atoms with Gasteiger partial charge in [0.05, 0.1) is 23.1 Å². The molecule has 11 heteroatoms. The van der Waals surface area contributed by atoms with E-state index in [0.717, 1.165) is 17.7 Å². The van der Waals surface area contributed by atoms with Crippen LogP contribution >= 0.6 is 0 Å². The SMILES string of the molecule is Cc1nc(OC(C)C)ccc1-c1ccc(C(=O)NS(=O)(=O)c2cccc(N)n2)c(N2CC(C)CC2(C)C)n1. The third-order valence-corrected chi connectivity index (χ3v) is 7.62. The highest BCUT2D eigenvalue weighted by molar-refractivity contribution is 7.90. The number of hydrogen-bond acceptors (Lipinski definition) is 9. The Morgan fingerprint density at radius 2 is 1.87 bits per heavy atom. The van der Waals surface area contributed by atoms with Crippen molar-refractivity contribution < 1.29 is 17.9 Å². The predicted octanol–water partition coefficient (Wildman–Crippen LogP) is 3.96. The Morgan fingerprint density at radius 1 is 1.13 bits per heavy atom. The van der Waals surface area contributed by atoms with Gasteiger partial charge in [0.15, 0.2) is 5.03 Å². The lowest BCUT2D eigenvalue weighted by molar-refractivity contribution is 0.0981. The van der Waals surface area contributed by atoms with Crippen molar-refractivity contribution in [2.75, 3.05) is 17.2 Å². The van der Waals surface area contributed by atoms with Gasteiger partial charge in [0.25, 0.3) is 15.9 Å². The van der Waals surface area contributed by atoms with Crippen molar-refractivity contribution >= 4 is 27.6 Å². The molecule has 1 unspecified atom stereocenters. The molecule has 10 nitrogen and oxygen atoms in total. The first-order valence-electron chi connectivity index (χ1n) is 12.5. The number of aryl methyl sites for hydroxylation is 1. The highest BCUT2D eigenvalue weighted by atomic mass is 32.2. The second kappa shape index (κ2) is 10.2. The third-order valence-electron chi connectivity index (χ3n) is 6.39. The topological polar surface area (TPSA) is 140 Å². The number of sulfonamides is 1. The second-order valence-electron chi connectivity index (χ2n) is 10.6. The minimum atomic E-state index is -4.25. The first-order valence-corrected chi connectivity index (χ1v) is 14.0. The average molecular weight is 539 g/mol. The van der Waals surface area contributed by atoms with Crippen LogP contribution in [0.25, 0.3) is 11.3 Å². The number of rotatable bonds is 7. The molecule has 0 saturated carbocycles. The van der Waals surface area contributed by atoms with Crippen LogP contribution in [0.1, 0.15) is 57.1 Å². The van der Waals surface area contributed by atoms with Gasteiger partial charge < -0.3 is 15.4 Å². The van der Waals surface area contributed by atoms with Gasteiger partial charge in [-0.2, -0.15) is 8.42 Å². The van der Waals surface area contributed by atoms with Crippen LogP contribution in [0.15, 0.2) is 47.5 Å². The second-order valence-corrected chi connectivity index (χ2v) is 12.2. The Hall–Kier alpha value is -3.73. The molecule has 3 N–H and O–H groups in total. The maximum Gasteiger partial charge on any atom is 0.281 e. The van der Waals surface area contributed by atoms with Crippen LogP contribution in [0.5, 0.6) is 5.88 Å². The van der Waals surface area contributed by atoms with Gasteiger partial charge in [-0.15, -0.1) is 0 Å². The zero-order valence-corrected chi connectivity index (χ0v) is 23.3. The molecule has 0 radical (unpaired) electrons. The standard InChI is InChI=1S/C27H34N6O4S/c1-16(2)37-23-13-11-19(18(4)29-23)21-12-10-20(25(30-21)33-15-17(3)14-27(33,5)6)26(34)32-38(35,36)24-9-7-8-22(28)31-24/h7-13,16-17H,14-15H2,1-6H3,(H2,28,31)(H,32,34). The van der Waals surface area contributed by atoms with E-state index in [1.807, 2.05) is 26.8 Å². The van der Waals surface area contributed by atoms with Crippen molar-refractivity contribution in [3.8, 4) is 17.1 Å². The third kappa shape index (κ3) is 5.72. The van der Waals surface area contributed by atoms with Crippen molar-refractivity contribution in [2.45, 2.75) is 64.6 Å². The lowest BCUT2D eigenvalue weighted by atomic mass is 9.97. The fraction of sp³-hybridized carbons (Fsp3) is 0.407. The molecule has 38 heavy (non-hydrogen) atoms. The number of nitrogens with one attached hydrogen (secondary N) is 1. The number of aromatic nitrogens is 3. The highest BCUT2D eigenvalue weighted by Gasteiger charge is 2.39. The summed E-state index contributed by atoms with van der Waals surface area (Å²) in [7, 11) is -4.25. The maximum atomic E-state index is 13.4. The molecule has 0 aromatic carbocycles. The number of pyridine rings is 3. The molecule has 0 bridgehead atoms. The fourth-order valence-corrected chi connectivity index (χ4v) is 5.81. The van der Waals surface area contributed by atoms with Crippen LogP contribution in [0.4, 0.5) is 11.6 Å². The highest BCUT2D eigenvalue weighted by Crippen LogP contribution is 2.38. The van der Waals surface area contributed by atoms with Gasteiger partial charge in [-0.3, -0.25) is 4.79 Å². The van der Waals surface area contributed by atoms with Crippen LogP contribution in [0, 0.1) is 12.8 Å². The molecule has 0 aliphatic carbocycles. The van der Waals surface area contributed by atoms with E-state index in [2.05, 4.69) is 40.4 Å². The van der Waals surface area contributed by atoms with E-state index in [0.29, 0.717) is 29.9 Å². The monoisotopic (exact) mass is 538 g/mol. The summed E-state index contributed by atoms with van der Waals surface area (Å²) >= 11 is 0. The van der Waals surface area contributed by atoms with Gasteiger partial charge in [0.2, 0.25) is 5.88 Å². The van der Waals surface area contributed by atoms with Crippen molar-refractivity contribution in [1.29, 1.82) is 0 Å². The van der Waals surface area contributed by atoms with E-state index in [-0.39, 0.29) is 28.1 Å². The Morgan fingerprint density at radius 3 is 2.47 bits per heavy atom. The molecule has 4 rings (SSSR count). The zero-order chi connectivity index (χ0) is 27.8. The van der Waals surface area contributed by atoms with E-state index < -0.39 is 15.9 Å². The van der Waals surface area contributed by atoms with Crippen molar-refractivity contribution in [1.82, 2.24) is 19.7 Å². The first kappa shape index (κ1) is 27.3. The molecule has 1 fully saturated rings.